The van der Waals surface area contributed by atoms with Crippen LogP contribution in [0.15, 0.2) is 88.8 Å². The molecule has 5 nitrogen and oxygen atoms in total. The number of amidine groups is 1. The van der Waals surface area contributed by atoms with Gasteiger partial charge in [0.15, 0.2) is 5.17 Å². The van der Waals surface area contributed by atoms with Gasteiger partial charge in [-0.05, 0) is 75.3 Å². The van der Waals surface area contributed by atoms with E-state index in [1.165, 1.54) is 17.4 Å². The van der Waals surface area contributed by atoms with Crippen LogP contribution in [0, 0.1) is 0 Å². The molecule has 4 aromatic carbocycles. The molecule has 2 aliphatic heterocycles. The number of carbonyl (C=O) groups excluding carboxylic acids is 1. The monoisotopic (exact) mass is 479 g/mol. The molecule has 6 heteroatoms. The molecular formula is C29H25N3O2S. The van der Waals surface area contributed by atoms with Crippen LogP contribution in [0.3, 0.4) is 0 Å². The first-order valence-electron chi connectivity index (χ1n) is 11.8. The normalized spacial score (nSPS) is 18.9. The highest BCUT2D eigenvalue weighted by molar-refractivity contribution is 8.18. The van der Waals surface area contributed by atoms with Crippen molar-refractivity contribution in [1.29, 1.82) is 0 Å². The number of anilines is 1. The van der Waals surface area contributed by atoms with Crippen molar-refractivity contribution in [3.05, 3.63) is 89.3 Å². The van der Waals surface area contributed by atoms with Crippen molar-refractivity contribution < 1.29 is 9.53 Å². The number of nitrogens with zero attached hydrogens (tertiary/aromatic N) is 3. The number of aliphatic imine (C=N–C) groups is 1. The zero-order valence-electron chi connectivity index (χ0n) is 19.5. The minimum atomic E-state index is -0.0318. The maximum atomic E-state index is 13.2. The standard InChI is InChI=1S/C29H25N3O2S/c1-31-28(33)27(19-26-24-8-4-2-6-20(24)18-21-7-3-5-9-25(21)26)35-29(31)30-22-10-12-23(13-11-22)32-14-16-34-17-15-32/h2-13,18-19H,14-17H2,1H3/b27-19-,30-29?. The van der Waals surface area contributed by atoms with Crippen LogP contribution in [0.2, 0.25) is 0 Å². The fourth-order valence-electron chi connectivity index (χ4n) is 4.66. The highest BCUT2D eigenvalue weighted by Crippen LogP contribution is 2.37. The first kappa shape index (κ1) is 21.9. The first-order valence-corrected chi connectivity index (χ1v) is 12.6. The van der Waals surface area contributed by atoms with Gasteiger partial charge in [-0.15, -0.1) is 0 Å². The van der Waals surface area contributed by atoms with E-state index in [1.54, 1.807) is 11.9 Å². The van der Waals surface area contributed by atoms with Crippen molar-refractivity contribution in [3.8, 4) is 0 Å². The van der Waals surface area contributed by atoms with Gasteiger partial charge in [0.05, 0.1) is 23.8 Å². The van der Waals surface area contributed by atoms with Crippen LogP contribution >= 0.6 is 11.8 Å². The second kappa shape index (κ2) is 9.21. The molecule has 35 heavy (non-hydrogen) atoms. The Kier molecular flexibility index (Phi) is 5.76. The Hall–Kier alpha value is -3.61. The van der Waals surface area contributed by atoms with Gasteiger partial charge in [0.25, 0.3) is 5.91 Å². The third-order valence-electron chi connectivity index (χ3n) is 6.54. The summed E-state index contributed by atoms with van der Waals surface area (Å²) in [5.74, 6) is -0.0318. The summed E-state index contributed by atoms with van der Waals surface area (Å²) < 4.78 is 5.45. The van der Waals surface area contributed by atoms with Crippen LogP contribution in [-0.4, -0.2) is 49.3 Å². The van der Waals surface area contributed by atoms with E-state index in [0.717, 1.165) is 59.1 Å². The third kappa shape index (κ3) is 4.20. The van der Waals surface area contributed by atoms with Gasteiger partial charge in [-0.1, -0.05) is 48.5 Å². The summed E-state index contributed by atoms with van der Waals surface area (Å²) in [5.41, 5.74) is 3.07. The highest BCUT2D eigenvalue weighted by atomic mass is 32.2. The lowest BCUT2D eigenvalue weighted by atomic mass is 9.96. The Morgan fingerprint density at radius 2 is 1.51 bits per heavy atom. The number of thioether (sulfide) groups is 1. The smallest absolute Gasteiger partial charge is 0.266 e. The topological polar surface area (TPSA) is 45.1 Å². The van der Waals surface area contributed by atoms with Crippen molar-refractivity contribution >= 4 is 61.8 Å². The molecule has 2 fully saturated rings. The van der Waals surface area contributed by atoms with Gasteiger partial charge in [0.1, 0.15) is 0 Å². The number of amides is 1. The molecule has 0 bridgehead atoms. The van der Waals surface area contributed by atoms with Crippen molar-refractivity contribution in [2.45, 2.75) is 0 Å². The number of fused-ring (bicyclic) bond motifs is 2. The fraction of sp³-hybridized carbons (Fsp3) is 0.172. The maximum Gasteiger partial charge on any atom is 0.266 e. The quantitative estimate of drug-likeness (QED) is 0.265. The molecule has 1 amide bonds. The van der Waals surface area contributed by atoms with Crippen LogP contribution in [0.1, 0.15) is 5.56 Å². The van der Waals surface area contributed by atoms with Gasteiger partial charge >= 0.3 is 0 Å². The SMILES string of the molecule is CN1C(=O)/C(=C/c2c3ccccc3cc3ccccc23)SC1=Nc1ccc(N2CCOCC2)cc1. The Labute approximate surface area is 208 Å². The van der Waals surface area contributed by atoms with Crippen LogP contribution in [0.5, 0.6) is 0 Å². The number of ether oxygens (including phenoxy) is 1. The van der Waals surface area contributed by atoms with Gasteiger partial charge in [-0.25, -0.2) is 4.99 Å². The summed E-state index contributed by atoms with van der Waals surface area (Å²) in [7, 11) is 1.79. The molecule has 0 aromatic heterocycles. The van der Waals surface area contributed by atoms with Crippen LogP contribution in [0.25, 0.3) is 27.6 Å². The molecule has 0 aliphatic carbocycles. The summed E-state index contributed by atoms with van der Waals surface area (Å²) in [4.78, 5) is 22.6. The number of hydrogen-bond donors (Lipinski definition) is 0. The molecule has 0 spiro atoms. The maximum absolute atomic E-state index is 13.2. The summed E-state index contributed by atoms with van der Waals surface area (Å²) in [6.45, 7) is 3.32. The Bertz CT molecular complexity index is 1430. The largest absolute Gasteiger partial charge is 0.378 e. The van der Waals surface area contributed by atoms with Gasteiger partial charge in [-0.2, -0.15) is 0 Å². The van der Waals surface area contributed by atoms with Gasteiger partial charge in [0.2, 0.25) is 0 Å². The van der Waals surface area contributed by atoms with E-state index in [1.807, 2.05) is 42.5 Å². The number of hydrogen-bond acceptors (Lipinski definition) is 5. The molecule has 174 valence electrons. The number of rotatable bonds is 3. The molecule has 0 radical (unpaired) electrons. The number of likely N-dealkylation sites (N-methyl/N-ethyl adjacent to an activating group) is 1. The second-order valence-electron chi connectivity index (χ2n) is 8.72. The predicted octanol–water partition coefficient (Wildman–Crippen LogP) is 6.06. The molecule has 4 aromatic rings. The van der Waals surface area contributed by atoms with E-state index in [0.29, 0.717) is 10.1 Å². The summed E-state index contributed by atoms with van der Waals surface area (Å²) >= 11 is 1.43. The summed E-state index contributed by atoms with van der Waals surface area (Å²) in [6, 6.07) is 27.1. The minimum Gasteiger partial charge on any atom is -0.378 e. The molecule has 2 aliphatic rings. The molecular weight excluding hydrogens is 454 g/mol. The Morgan fingerprint density at radius 3 is 2.17 bits per heavy atom. The van der Waals surface area contributed by atoms with E-state index >= 15 is 0 Å². The zero-order valence-corrected chi connectivity index (χ0v) is 20.3. The lowest BCUT2D eigenvalue weighted by Crippen LogP contribution is -2.36. The van der Waals surface area contributed by atoms with E-state index in [2.05, 4.69) is 47.4 Å². The van der Waals surface area contributed by atoms with Crippen molar-refractivity contribution in [2.75, 3.05) is 38.3 Å². The average molecular weight is 480 g/mol. The van der Waals surface area contributed by atoms with E-state index < -0.39 is 0 Å². The lowest BCUT2D eigenvalue weighted by Gasteiger charge is -2.28. The summed E-state index contributed by atoms with van der Waals surface area (Å²) in [6.07, 6.45) is 2.03. The lowest BCUT2D eigenvalue weighted by molar-refractivity contribution is -0.121. The molecule has 2 saturated heterocycles. The fourth-order valence-corrected chi connectivity index (χ4v) is 5.63. The van der Waals surface area contributed by atoms with Crippen LogP contribution in [-0.2, 0) is 9.53 Å². The van der Waals surface area contributed by atoms with Crippen LogP contribution in [0.4, 0.5) is 11.4 Å². The van der Waals surface area contributed by atoms with Gasteiger partial charge < -0.3 is 9.64 Å². The first-order chi connectivity index (χ1) is 17.2. The summed E-state index contributed by atoms with van der Waals surface area (Å²) in [5, 5.41) is 5.29. The molecule has 0 N–H and O–H groups in total. The average Bonchev–Trinajstić information content (AvgIpc) is 3.17. The molecule has 0 unspecified atom stereocenters. The molecule has 0 atom stereocenters. The van der Waals surface area contributed by atoms with Gasteiger partial charge in [0, 0.05) is 25.8 Å². The van der Waals surface area contributed by atoms with E-state index in [4.69, 9.17) is 9.73 Å². The highest BCUT2D eigenvalue weighted by Gasteiger charge is 2.30. The van der Waals surface area contributed by atoms with E-state index in [-0.39, 0.29) is 5.91 Å². The van der Waals surface area contributed by atoms with E-state index in [9.17, 15) is 4.79 Å². The number of benzene rings is 4. The third-order valence-corrected chi connectivity index (χ3v) is 7.60. The minimum absolute atomic E-state index is 0.0318. The Balaban J connectivity index is 1.34. The van der Waals surface area contributed by atoms with Crippen LogP contribution < -0.4 is 4.90 Å². The number of carbonyl (C=O) groups is 1. The van der Waals surface area contributed by atoms with Crippen molar-refractivity contribution in [1.82, 2.24) is 4.90 Å². The zero-order chi connectivity index (χ0) is 23.8. The molecule has 0 saturated carbocycles. The molecule has 2 heterocycles. The predicted molar refractivity (Wildman–Crippen MR) is 146 cm³/mol. The Morgan fingerprint density at radius 1 is 0.886 bits per heavy atom. The van der Waals surface area contributed by atoms with Crippen molar-refractivity contribution in [2.24, 2.45) is 4.99 Å². The molecule has 6 rings (SSSR count). The van der Waals surface area contributed by atoms with Crippen molar-refractivity contribution in [3.63, 3.8) is 0 Å². The second-order valence-corrected chi connectivity index (χ2v) is 9.73. The number of morpholine rings is 1. The van der Waals surface area contributed by atoms with Gasteiger partial charge in [-0.3, -0.25) is 9.69 Å².